The number of carbonyl (C=O) groups excluding carboxylic acids is 2. The number of hydrogen-bond donors (Lipinski definition) is 4. The van der Waals surface area contributed by atoms with E-state index in [0.717, 1.165) is 6.42 Å². The topological polar surface area (TPSA) is 164 Å². The van der Waals surface area contributed by atoms with Crippen LogP contribution in [0, 0.1) is 17.2 Å². The van der Waals surface area contributed by atoms with Gasteiger partial charge in [-0.25, -0.2) is 4.79 Å². The van der Waals surface area contributed by atoms with Crippen molar-refractivity contribution in [3.63, 3.8) is 0 Å². The van der Waals surface area contributed by atoms with Crippen molar-refractivity contribution in [2.75, 3.05) is 19.6 Å². The second-order valence-electron chi connectivity index (χ2n) is 9.11. The van der Waals surface area contributed by atoms with Crippen LogP contribution in [-0.4, -0.2) is 104 Å². The summed E-state index contributed by atoms with van der Waals surface area (Å²) in [6.07, 6.45) is 2.80. The molecule has 33 heavy (non-hydrogen) atoms. The molecule has 4 rings (SSSR count). The molecule has 0 aliphatic carbocycles. The molecule has 0 aromatic heterocycles. The van der Waals surface area contributed by atoms with Crippen LogP contribution in [0.4, 0.5) is 0 Å². The smallest absolute Gasteiger partial charge is 0.353 e. The van der Waals surface area contributed by atoms with Crippen LogP contribution < -0.4 is 5.73 Å². The highest BCUT2D eigenvalue weighted by molar-refractivity contribution is 8.03. The SMILES string of the molecule is C[C@@H](O)[C@H]1C(=O)N2C(C(=O)O)=C(S[C@H]3C[C@@H](C(=O)N4CC[C@H](N=CN)C4)N(C=N)C3)[C@H](C)[C@H]12. The molecule has 2 amide bonds. The second-order valence-corrected chi connectivity index (χ2v) is 10.5. The number of nitrogens with one attached hydrogen (secondary N) is 1. The van der Waals surface area contributed by atoms with Crippen molar-refractivity contribution in [3.8, 4) is 0 Å². The van der Waals surface area contributed by atoms with E-state index >= 15 is 0 Å². The quantitative estimate of drug-likeness (QED) is 0.216. The predicted molar refractivity (Wildman–Crippen MR) is 123 cm³/mol. The summed E-state index contributed by atoms with van der Waals surface area (Å²) in [6.45, 7) is 4.95. The molecular weight excluding hydrogens is 448 g/mol. The number of aliphatic imine (C=N–C) groups is 1. The van der Waals surface area contributed by atoms with Gasteiger partial charge in [0.25, 0.3) is 0 Å². The third-order valence-corrected chi connectivity index (χ3v) is 8.62. The molecule has 0 aromatic rings. The maximum atomic E-state index is 13.2. The Kier molecular flexibility index (Phi) is 6.41. The molecule has 0 spiro atoms. The van der Waals surface area contributed by atoms with Gasteiger partial charge in [0, 0.05) is 35.7 Å². The largest absolute Gasteiger partial charge is 0.477 e. The number of fused-ring (bicyclic) bond motifs is 1. The molecule has 5 N–H and O–H groups in total. The Morgan fingerprint density at radius 3 is 2.70 bits per heavy atom. The minimum atomic E-state index is -1.16. The molecule has 0 unspecified atom stereocenters. The summed E-state index contributed by atoms with van der Waals surface area (Å²) in [6, 6.07) is -0.867. The van der Waals surface area contributed by atoms with Crippen molar-refractivity contribution in [1.29, 1.82) is 5.41 Å². The van der Waals surface area contributed by atoms with Gasteiger partial charge in [0.2, 0.25) is 11.8 Å². The Morgan fingerprint density at radius 2 is 2.09 bits per heavy atom. The highest BCUT2D eigenvalue weighted by Gasteiger charge is 2.60. The summed E-state index contributed by atoms with van der Waals surface area (Å²) in [4.78, 5) is 47.3. The molecule has 3 fully saturated rings. The fraction of sp³-hybridized carbons (Fsp3) is 0.667. The highest BCUT2D eigenvalue weighted by atomic mass is 32.2. The number of aliphatic carboxylic acids is 1. The molecule has 12 heteroatoms. The summed E-state index contributed by atoms with van der Waals surface area (Å²) in [5.74, 6) is -2.42. The van der Waals surface area contributed by atoms with Gasteiger partial charge in [-0.1, -0.05) is 6.92 Å². The minimum absolute atomic E-state index is 0.00880. The summed E-state index contributed by atoms with van der Waals surface area (Å²) < 4.78 is 0. The molecule has 0 aromatic carbocycles. The van der Waals surface area contributed by atoms with Gasteiger partial charge >= 0.3 is 5.97 Å². The lowest BCUT2D eigenvalue weighted by Crippen LogP contribution is -2.63. The summed E-state index contributed by atoms with van der Waals surface area (Å²) in [7, 11) is 0. The van der Waals surface area contributed by atoms with Crippen LogP contribution in [0.2, 0.25) is 0 Å². The van der Waals surface area contributed by atoms with Gasteiger partial charge in [0.15, 0.2) is 0 Å². The number of rotatable bonds is 7. The first-order valence-corrected chi connectivity index (χ1v) is 12.0. The van der Waals surface area contributed by atoms with Crippen LogP contribution in [0.25, 0.3) is 0 Å². The van der Waals surface area contributed by atoms with Crippen molar-refractivity contribution in [1.82, 2.24) is 14.7 Å². The molecule has 4 aliphatic heterocycles. The number of aliphatic hydroxyl groups excluding tert-OH is 1. The fourth-order valence-electron chi connectivity index (χ4n) is 5.55. The van der Waals surface area contributed by atoms with E-state index < -0.39 is 24.0 Å². The van der Waals surface area contributed by atoms with E-state index in [1.54, 1.807) is 16.7 Å². The Morgan fingerprint density at radius 1 is 1.36 bits per heavy atom. The number of nitrogens with zero attached hydrogens (tertiary/aromatic N) is 4. The van der Waals surface area contributed by atoms with Crippen LogP contribution in [-0.2, 0) is 14.4 Å². The zero-order valence-electron chi connectivity index (χ0n) is 18.6. The Balaban J connectivity index is 1.49. The van der Waals surface area contributed by atoms with Gasteiger partial charge in [-0.2, -0.15) is 0 Å². The van der Waals surface area contributed by atoms with Crippen LogP contribution in [0.15, 0.2) is 15.6 Å². The number of amides is 2. The first-order valence-electron chi connectivity index (χ1n) is 11.1. The lowest BCUT2D eigenvalue weighted by atomic mass is 9.79. The van der Waals surface area contributed by atoms with E-state index in [2.05, 4.69) is 4.99 Å². The number of aliphatic hydroxyl groups is 1. The number of β-lactam (4-membered cyclic amide) rings is 1. The normalized spacial score (nSPS) is 34.8. The molecule has 4 heterocycles. The van der Waals surface area contributed by atoms with Crippen molar-refractivity contribution in [2.24, 2.45) is 22.6 Å². The van der Waals surface area contributed by atoms with E-state index in [4.69, 9.17) is 11.1 Å². The molecule has 3 saturated heterocycles. The average Bonchev–Trinajstić information content (AvgIpc) is 3.44. The Bertz CT molecular complexity index is 923. The van der Waals surface area contributed by atoms with E-state index in [1.807, 2.05) is 6.92 Å². The first-order chi connectivity index (χ1) is 15.7. The summed E-state index contributed by atoms with van der Waals surface area (Å²) in [5.41, 5.74) is 5.36. The average molecular weight is 479 g/mol. The molecule has 11 nitrogen and oxygen atoms in total. The molecule has 0 bridgehead atoms. The Hall–Kier alpha value is -2.60. The van der Waals surface area contributed by atoms with Gasteiger partial charge in [-0.05, 0) is 19.8 Å². The third-order valence-electron chi connectivity index (χ3n) is 7.13. The maximum Gasteiger partial charge on any atom is 0.353 e. The lowest BCUT2D eigenvalue weighted by molar-refractivity contribution is -0.163. The fourth-order valence-corrected chi connectivity index (χ4v) is 7.08. The van der Waals surface area contributed by atoms with Gasteiger partial charge in [-0.3, -0.25) is 20.0 Å². The number of carboxylic acids is 1. The highest BCUT2D eigenvalue weighted by Crippen LogP contribution is 2.52. The number of hydrogen-bond acceptors (Lipinski definition) is 7. The van der Waals surface area contributed by atoms with E-state index in [1.165, 1.54) is 29.3 Å². The van der Waals surface area contributed by atoms with Crippen molar-refractivity contribution in [3.05, 3.63) is 10.6 Å². The van der Waals surface area contributed by atoms with Crippen molar-refractivity contribution in [2.45, 2.75) is 56.2 Å². The first kappa shape index (κ1) is 23.6. The van der Waals surface area contributed by atoms with Crippen LogP contribution in [0.5, 0.6) is 0 Å². The number of thioether (sulfide) groups is 1. The second kappa shape index (κ2) is 8.98. The van der Waals surface area contributed by atoms with Crippen molar-refractivity contribution >= 4 is 42.2 Å². The molecule has 180 valence electrons. The van der Waals surface area contributed by atoms with Gasteiger partial charge in [0.05, 0.1) is 36.8 Å². The van der Waals surface area contributed by atoms with Crippen LogP contribution in [0.1, 0.15) is 26.7 Å². The number of likely N-dealkylation sites (tertiary alicyclic amines) is 2. The maximum absolute atomic E-state index is 13.2. The molecule has 4 aliphatic rings. The number of carboxylic acid groups (broad SMARTS) is 1. The van der Waals surface area contributed by atoms with Crippen LogP contribution >= 0.6 is 11.8 Å². The zero-order valence-corrected chi connectivity index (χ0v) is 19.4. The van der Waals surface area contributed by atoms with Crippen LogP contribution in [0.3, 0.4) is 0 Å². The van der Waals surface area contributed by atoms with Crippen molar-refractivity contribution < 1.29 is 24.6 Å². The zero-order chi connectivity index (χ0) is 24.0. The molecule has 7 atom stereocenters. The van der Waals surface area contributed by atoms with Gasteiger partial charge in [0.1, 0.15) is 11.7 Å². The van der Waals surface area contributed by atoms with E-state index in [0.29, 0.717) is 31.0 Å². The molecular formula is C21H30N6O5S. The number of nitrogens with two attached hydrogens (primary N) is 1. The van der Waals surface area contributed by atoms with E-state index in [9.17, 15) is 24.6 Å². The Labute approximate surface area is 196 Å². The van der Waals surface area contributed by atoms with E-state index in [-0.39, 0.29) is 40.8 Å². The van der Waals surface area contributed by atoms with Gasteiger partial charge < -0.3 is 30.6 Å². The molecule has 0 radical (unpaired) electrons. The minimum Gasteiger partial charge on any atom is -0.477 e. The monoisotopic (exact) mass is 478 g/mol. The number of carbonyl (C=O) groups is 3. The summed E-state index contributed by atoms with van der Waals surface area (Å²) >= 11 is 1.38. The third kappa shape index (κ3) is 3.88. The lowest BCUT2D eigenvalue weighted by Gasteiger charge is -2.46. The predicted octanol–water partition coefficient (Wildman–Crippen LogP) is -0.489. The summed E-state index contributed by atoms with van der Waals surface area (Å²) in [5, 5.41) is 27.5. The standard InChI is InChI=1S/C21H30N6O5S/c1-10-16-15(11(2)28)20(30)27(16)17(21(31)32)18(10)33-13-5-14(26(7-13)9-23)19(29)25-4-3-12(6-25)24-8-22/h8-16,23,28H,3-7H2,1-2H3,(H2,22,24)(H,31,32)/t10-,11-,12+,13+,14+,15-,16-/m1/s1. The van der Waals surface area contributed by atoms with Gasteiger partial charge in [-0.15, -0.1) is 11.8 Å². The molecule has 0 saturated carbocycles.